The highest BCUT2D eigenvalue weighted by Crippen LogP contribution is 2.41. The Hall–Kier alpha value is -11.1. The van der Waals surface area contributed by atoms with Gasteiger partial charge in [-0.15, -0.1) is 0 Å². The summed E-state index contributed by atoms with van der Waals surface area (Å²) in [4.78, 5) is 75.5. The van der Waals surface area contributed by atoms with Crippen LogP contribution in [0.2, 0.25) is 0 Å². The lowest BCUT2D eigenvalue weighted by Gasteiger charge is -2.33. The summed E-state index contributed by atoms with van der Waals surface area (Å²) in [5.74, 6) is 9.04. The van der Waals surface area contributed by atoms with E-state index in [1.165, 1.54) is 63.3 Å². The Morgan fingerprint density at radius 3 is 1.15 bits per heavy atom. The fraction of sp³-hybridized carbons (Fsp3) is 0.535. The van der Waals surface area contributed by atoms with E-state index in [1.807, 2.05) is 33.8 Å². The minimum absolute atomic E-state index is 0.0576. The van der Waals surface area contributed by atoms with E-state index in [1.54, 1.807) is 55.6 Å². The van der Waals surface area contributed by atoms with Gasteiger partial charge in [-0.05, 0) is 196 Å². The number of ketones is 1. The highest BCUT2D eigenvalue weighted by Gasteiger charge is 2.32. The minimum atomic E-state index is 0.0576. The zero-order valence-electron chi connectivity index (χ0n) is 76.1. The Balaban J connectivity index is 0.000000122. The molecule has 0 unspecified atom stereocenters. The van der Waals surface area contributed by atoms with Gasteiger partial charge in [-0.1, -0.05) is 44.2 Å². The molecule has 9 fully saturated rings. The van der Waals surface area contributed by atoms with Gasteiger partial charge in [-0.3, -0.25) is 24.7 Å². The number of fused-ring (bicyclic) bond motifs is 4. The van der Waals surface area contributed by atoms with Crippen molar-refractivity contribution in [1.82, 2.24) is 59.8 Å². The molecule has 4 aliphatic carbocycles. The molecule has 29 nitrogen and oxygen atoms in total. The SMILES string of the molecule is CC(C)CC(=O)c1cc(NC2CCC(Oc3cc(N4CCOCC4)cc4nccnc34)CC2)ncn1.CCOc1cc(NC2CCC(Oc3cc(N4CCOCC4)cc4nccnc34)CC2)nc(C)n1.c1ccc(CC2CCC(Oc3cc(N4CCOCC4)cc4nccnc34)CC2)cc1.c1cnc2c(OC3CCC(CC4CCOCC4)CC3)cc(N3CCOCC3)cc2n1. The molecule has 9 aliphatic rings. The Morgan fingerprint density at radius 2 is 0.754 bits per heavy atom. The van der Waals surface area contributed by atoms with Gasteiger partial charge in [0, 0.05) is 193 Å². The van der Waals surface area contributed by atoms with Gasteiger partial charge in [0.05, 0.1) is 106 Å². The molecule has 0 spiro atoms. The molecule has 11 heterocycles. The summed E-state index contributed by atoms with van der Waals surface area (Å²) >= 11 is 0. The molecule has 0 atom stereocenters. The molecule has 5 aromatic carbocycles. The number of aromatic nitrogens is 12. The molecule has 0 amide bonds. The van der Waals surface area contributed by atoms with Crippen molar-refractivity contribution >= 4 is 84.3 Å². The first-order chi connectivity index (χ1) is 63.9. The number of carbonyl (C=O) groups is 1. The molecule has 688 valence electrons. The maximum atomic E-state index is 12.4. The van der Waals surface area contributed by atoms with E-state index in [0.717, 1.165) is 309 Å². The lowest BCUT2D eigenvalue weighted by Crippen LogP contribution is -2.36. The molecule has 130 heavy (non-hydrogen) atoms. The first kappa shape index (κ1) is 90.8. The lowest BCUT2D eigenvalue weighted by molar-refractivity contribution is 0.0511. The van der Waals surface area contributed by atoms with Gasteiger partial charge >= 0.3 is 0 Å². The predicted octanol–water partition coefficient (Wildman–Crippen LogP) is 16.9. The number of aryl methyl sites for hydroxylation is 1. The van der Waals surface area contributed by atoms with Crippen LogP contribution >= 0.6 is 0 Å². The molecule has 2 N–H and O–H groups in total. The highest BCUT2D eigenvalue weighted by molar-refractivity contribution is 5.95. The van der Waals surface area contributed by atoms with Gasteiger partial charge in [-0.25, -0.2) is 34.9 Å². The Bertz CT molecular complexity index is 5410. The summed E-state index contributed by atoms with van der Waals surface area (Å²) < 4.78 is 59.3. The minimum Gasteiger partial charge on any atom is -0.488 e. The number of benzene rings is 5. The molecular formula is C101H128N18O11. The molecule has 29 heteroatoms. The third-order valence-corrected chi connectivity index (χ3v) is 26.4. The number of ether oxygens (including phenoxy) is 10. The zero-order valence-corrected chi connectivity index (χ0v) is 76.1. The summed E-state index contributed by atoms with van der Waals surface area (Å²) in [6.07, 6.45) is 38.8. The maximum Gasteiger partial charge on any atom is 0.218 e. The average molecular weight is 1770 g/mol. The van der Waals surface area contributed by atoms with Crippen LogP contribution in [0.5, 0.6) is 28.9 Å². The van der Waals surface area contributed by atoms with Crippen molar-refractivity contribution in [2.45, 2.75) is 199 Å². The predicted molar refractivity (Wildman–Crippen MR) is 506 cm³/mol. The van der Waals surface area contributed by atoms with Crippen molar-refractivity contribution < 1.29 is 52.2 Å². The smallest absolute Gasteiger partial charge is 0.218 e. The van der Waals surface area contributed by atoms with Crippen molar-refractivity contribution in [1.29, 1.82) is 0 Å². The number of anilines is 6. The molecule has 6 aromatic heterocycles. The number of carbonyl (C=O) groups excluding carboxylic acids is 1. The maximum absolute atomic E-state index is 12.4. The normalized spacial score (nSPS) is 22.3. The second-order valence-corrected chi connectivity index (χ2v) is 36.2. The molecule has 0 bridgehead atoms. The van der Waals surface area contributed by atoms with E-state index >= 15 is 0 Å². The number of nitrogens with zero attached hydrogens (tertiary/aromatic N) is 16. The average Bonchev–Trinajstić information content (AvgIpc) is 0.803. The van der Waals surface area contributed by atoms with Crippen molar-refractivity contribution in [3.05, 3.63) is 164 Å². The van der Waals surface area contributed by atoms with Crippen LogP contribution in [0.3, 0.4) is 0 Å². The fourth-order valence-corrected chi connectivity index (χ4v) is 19.5. The van der Waals surface area contributed by atoms with Crippen LogP contribution in [0.1, 0.15) is 171 Å². The van der Waals surface area contributed by atoms with Crippen molar-refractivity contribution in [3.8, 4) is 28.9 Å². The number of hydrogen-bond acceptors (Lipinski definition) is 29. The second kappa shape index (κ2) is 45.6. The Morgan fingerprint density at radius 1 is 0.392 bits per heavy atom. The number of rotatable bonds is 25. The summed E-state index contributed by atoms with van der Waals surface area (Å²) in [5.41, 5.74) is 13.3. The van der Waals surface area contributed by atoms with Gasteiger partial charge in [-0.2, -0.15) is 4.98 Å². The third-order valence-electron chi connectivity index (χ3n) is 26.4. The van der Waals surface area contributed by atoms with E-state index in [4.69, 9.17) is 47.4 Å². The van der Waals surface area contributed by atoms with Gasteiger partial charge < -0.3 is 77.6 Å². The topological polar surface area (TPSA) is 301 Å². The number of hydrogen-bond donors (Lipinski definition) is 2. The van der Waals surface area contributed by atoms with E-state index < -0.39 is 0 Å². The van der Waals surface area contributed by atoms with Crippen LogP contribution in [0, 0.1) is 30.6 Å². The van der Waals surface area contributed by atoms with Gasteiger partial charge in [0.2, 0.25) is 5.88 Å². The largest absolute Gasteiger partial charge is 0.488 e. The highest BCUT2D eigenvalue weighted by atomic mass is 16.5. The molecular weight excluding hydrogens is 1640 g/mol. The molecule has 11 aromatic rings. The number of morpholine rings is 4. The van der Waals surface area contributed by atoms with Crippen LogP contribution in [-0.2, 0) is 30.1 Å². The molecule has 5 saturated heterocycles. The van der Waals surface area contributed by atoms with Crippen molar-refractivity contribution in [2.75, 3.05) is 155 Å². The van der Waals surface area contributed by atoms with Gasteiger partial charge in [0.25, 0.3) is 0 Å². The fourth-order valence-electron chi connectivity index (χ4n) is 19.5. The Kier molecular flexibility index (Phi) is 31.9. The quantitative estimate of drug-likeness (QED) is 0.0502. The van der Waals surface area contributed by atoms with Gasteiger partial charge in [0.15, 0.2) is 5.78 Å². The second-order valence-electron chi connectivity index (χ2n) is 36.2. The summed E-state index contributed by atoms with van der Waals surface area (Å²) in [6.45, 7) is 23.5. The monoisotopic (exact) mass is 1770 g/mol. The summed E-state index contributed by atoms with van der Waals surface area (Å²) in [5, 5.41) is 7.06. The van der Waals surface area contributed by atoms with E-state index in [2.05, 4.69) is 169 Å². The summed E-state index contributed by atoms with van der Waals surface area (Å²) in [6, 6.07) is 32.1. The molecule has 4 saturated carbocycles. The molecule has 20 rings (SSSR count). The van der Waals surface area contributed by atoms with E-state index in [0.29, 0.717) is 48.2 Å². The van der Waals surface area contributed by atoms with E-state index in [9.17, 15) is 4.79 Å². The van der Waals surface area contributed by atoms with Crippen molar-refractivity contribution in [3.63, 3.8) is 0 Å². The first-order valence-corrected chi connectivity index (χ1v) is 47.9. The van der Waals surface area contributed by atoms with Crippen LogP contribution in [0.25, 0.3) is 44.1 Å². The van der Waals surface area contributed by atoms with Crippen molar-refractivity contribution in [2.24, 2.45) is 23.7 Å². The Labute approximate surface area is 763 Å². The molecule has 0 radical (unpaired) electrons. The molecule has 5 aliphatic heterocycles. The van der Waals surface area contributed by atoms with Crippen LogP contribution in [0.4, 0.5) is 34.4 Å². The third kappa shape index (κ3) is 25.1. The van der Waals surface area contributed by atoms with Crippen LogP contribution in [0.15, 0.2) is 147 Å². The summed E-state index contributed by atoms with van der Waals surface area (Å²) in [7, 11) is 0. The number of nitrogens with one attached hydrogen (secondary N) is 2. The first-order valence-electron chi connectivity index (χ1n) is 47.9. The van der Waals surface area contributed by atoms with E-state index in [-0.39, 0.29) is 36.2 Å². The zero-order chi connectivity index (χ0) is 88.6. The standard InChI is InChI=1S/C27H34N6O3.C25H32N6O3.C25H29N3O2.C24H33N3O3/c1-18(2)13-24(34)22-16-26(31-17-30-22)32-19-3-5-21(6-4-19)36-25-15-20(33-9-11-35-12-10-33)14-23-27(25)29-8-7-28-23;1-3-33-24-16-23(28-17(2)29-24)30-18-4-6-20(7-5-18)34-22-15-19(31-10-12-32-13-11-31)14-21-25(22)27-9-8-26-21;1-2-4-19(5-3-1)16-20-6-8-22(9-7-20)30-24-18-21(28-12-14-29-15-13-28)17-23-25(24)27-11-10-26-23;1-3-21(4-2-18(1)15-19-5-11-28-12-6-19)30-23-17-20(27-9-13-29-14-10-27)16-22-24(23)26-8-7-25-22/h7-8,14-19,21H,3-6,9-13H2,1-2H3,(H,30,31,32);8-9,14-16,18,20H,3-7,10-13H2,1-2H3,(H,28,29,30);1-5,10-11,17-18,20,22H,6-9,12-16H2;7-8,16-19,21H,1-6,9-15H2. The number of Topliss-reactive ketones (excluding diaryl/α,β-unsaturated/α-hetero) is 1. The van der Waals surface area contributed by atoms with Gasteiger partial charge in [0.1, 0.15) is 74.5 Å². The lowest BCUT2D eigenvalue weighted by atomic mass is 9.79. The van der Waals surface area contributed by atoms with Crippen LogP contribution < -0.4 is 53.9 Å². The van der Waals surface area contributed by atoms with Crippen LogP contribution in [-0.4, -0.2) is 227 Å².